The van der Waals surface area contributed by atoms with Crippen molar-refractivity contribution in [1.29, 1.82) is 0 Å². The van der Waals surface area contributed by atoms with Crippen LogP contribution < -0.4 is 11.3 Å². The van der Waals surface area contributed by atoms with Crippen molar-refractivity contribution >= 4 is 29.1 Å². The molecule has 3 nitrogen and oxygen atoms in total. The van der Waals surface area contributed by atoms with Gasteiger partial charge in [0.15, 0.2) is 0 Å². The van der Waals surface area contributed by atoms with E-state index in [1.54, 1.807) is 0 Å². The van der Waals surface area contributed by atoms with Crippen LogP contribution in [0.5, 0.6) is 0 Å². The Kier molecular flexibility index (Phi) is 6.71. The van der Waals surface area contributed by atoms with Crippen molar-refractivity contribution in [2.45, 2.75) is 12.8 Å². The minimum atomic E-state index is -0.189. The maximum atomic E-state index is 10.9. The Bertz CT molecular complexity index is 115. The van der Waals surface area contributed by atoms with E-state index in [1.165, 1.54) is 0 Å². The topological polar surface area (TPSA) is 55.1 Å². The van der Waals surface area contributed by atoms with Crippen LogP contribution >= 0.6 is 23.2 Å². The fourth-order valence-corrected chi connectivity index (χ4v) is 1.31. The van der Waals surface area contributed by atoms with Crippen LogP contribution in [0, 0.1) is 5.92 Å². The minimum absolute atomic E-state index is 0.144. The smallest absolute Gasteiger partial charge is 0.237 e. The molecule has 0 fully saturated rings. The molecule has 0 aliphatic carbocycles. The van der Waals surface area contributed by atoms with Crippen molar-refractivity contribution in [2.75, 3.05) is 11.8 Å². The molecule has 66 valence electrons. The minimum Gasteiger partial charge on any atom is -0.294 e. The van der Waals surface area contributed by atoms with Crippen LogP contribution in [-0.4, -0.2) is 17.7 Å². The molecule has 0 aliphatic rings. The van der Waals surface area contributed by atoms with E-state index >= 15 is 0 Å². The second-order valence-electron chi connectivity index (χ2n) is 2.16. The lowest BCUT2D eigenvalue weighted by atomic mass is 10.0. The summed E-state index contributed by atoms with van der Waals surface area (Å²) >= 11 is 10.9. The zero-order valence-electron chi connectivity index (χ0n) is 6.15. The molecular weight excluding hydrogens is 187 g/mol. The SMILES string of the molecule is NNC(=O)C(CCCl)CCCl. The average molecular weight is 199 g/mol. The average Bonchev–Trinajstić information content (AvgIpc) is 2.03. The summed E-state index contributed by atoms with van der Waals surface area (Å²) in [6.45, 7) is 0. The van der Waals surface area contributed by atoms with Crippen molar-refractivity contribution in [2.24, 2.45) is 11.8 Å². The van der Waals surface area contributed by atoms with Gasteiger partial charge in [-0.1, -0.05) is 0 Å². The number of amides is 1. The maximum absolute atomic E-state index is 10.9. The van der Waals surface area contributed by atoms with Crippen LogP contribution in [0.25, 0.3) is 0 Å². The van der Waals surface area contributed by atoms with Crippen molar-refractivity contribution in [3.63, 3.8) is 0 Å². The largest absolute Gasteiger partial charge is 0.294 e. The summed E-state index contributed by atoms with van der Waals surface area (Å²) in [6, 6.07) is 0. The van der Waals surface area contributed by atoms with Gasteiger partial charge in [-0.2, -0.15) is 0 Å². The molecular formula is C6H12Cl2N2O. The molecule has 0 heterocycles. The molecule has 0 rings (SSSR count). The van der Waals surface area contributed by atoms with Crippen LogP contribution in [0.15, 0.2) is 0 Å². The summed E-state index contributed by atoms with van der Waals surface area (Å²) in [5.41, 5.74) is 2.08. The van der Waals surface area contributed by atoms with Gasteiger partial charge in [0.1, 0.15) is 0 Å². The lowest BCUT2D eigenvalue weighted by molar-refractivity contribution is -0.125. The fraction of sp³-hybridized carbons (Fsp3) is 0.833. The van der Waals surface area contributed by atoms with Crippen molar-refractivity contribution < 1.29 is 4.79 Å². The van der Waals surface area contributed by atoms with Crippen LogP contribution in [-0.2, 0) is 4.79 Å². The zero-order chi connectivity index (χ0) is 8.69. The zero-order valence-corrected chi connectivity index (χ0v) is 7.66. The first-order valence-corrected chi connectivity index (χ1v) is 4.45. The van der Waals surface area contributed by atoms with Crippen LogP contribution in [0.2, 0.25) is 0 Å². The van der Waals surface area contributed by atoms with Gasteiger partial charge in [-0.05, 0) is 12.8 Å². The van der Waals surface area contributed by atoms with Crippen LogP contribution in [0.3, 0.4) is 0 Å². The van der Waals surface area contributed by atoms with Gasteiger partial charge in [-0.15, -0.1) is 23.2 Å². The quantitative estimate of drug-likeness (QED) is 0.298. The highest BCUT2D eigenvalue weighted by Gasteiger charge is 2.15. The molecule has 0 radical (unpaired) electrons. The molecule has 0 aromatic carbocycles. The van der Waals surface area contributed by atoms with E-state index in [0.717, 1.165) is 0 Å². The second-order valence-corrected chi connectivity index (χ2v) is 2.92. The highest BCUT2D eigenvalue weighted by molar-refractivity contribution is 6.18. The lowest BCUT2D eigenvalue weighted by Crippen LogP contribution is -2.36. The molecule has 5 heteroatoms. The van der Waals surface area contributed by atoms with E-state index < -0.39 is 0 Å². The Labute approximate surface area is 76.2 Å². The molecule has 0 bridgehead atoms. The van der Waals surface area contributed by atoms with Gasteiger partial charge in [0, 0.05) is 17.7 Å². The van der Waals surface area contributed by atoms with E-state index in [2.05, 4.69) is 5.43 Å². The number of halogens is 2. The number of hydrazine groups is 1. The third-order valence-electron chi connectivity index (χ3n) is 1.43. The highest BCUT2D eigenvalue weighted by Crippen LogP contribution is 2.10. The molecule has 0 aliphatic heterocycles. The predicted molar refractivity (Wildman–Crippen MR) is 46.5 cm³/mol. The normalized spacial score (nSPS) is 10.2. The molecule has 0 aromatic rings. The van der Waals surface area contributed by atoms with E-state index in [4.69, 9.17) is 29.0 Å². The summed E-state index contributed by atoms with van der Waals surface area (Å²) in [4.78, 5) is 10.9. The summed E-state index contributed by atoms with van der Waals surface area (Å²) in [5.74, 6) is 5.52. The maximum Gasteiger partial charge on any atom is 0.237 e. The lowest BCUT2D eigenvalue weighted by Gasteiger charge is -2.10. The first-order chi connectivity index (χ1) is 5.26. The molecule has 0 unspecified atom stereocenters. The summed E-state index contributed by atoms with van der Waals surface area (Å²) in [5, 5.41) is 0. The molecule has 0 saturated carbocycles. The first kappa shape index (κ1) is 11.0. The fourth-order valence-electron chi connectivity index (χ4n) is 0.788. The molecule has 1 amide bonds. The number of rotatable bonds is 5. The van der Waals surface area contributed by atoms with Gasteiger partial charge in [0.2, 0.25) is 5.91 Å². The van der Waals surface area contributed by atoms with Gasteiger partial charge < -0.3 is 0 Å². The Morgan fingerprint density at radius 2 is 1.82 bits per heavy atom. The van der Waals surface area contributed by atoms with Crippen molar-refractivity contribution in [3.8, 4) is 0 Å². The molecule has 0 atom stereocenters. The van der Waals surface area contributed by atoms with Crippen LogP contribution in [0.4, 0.5) is 0 Å². The van der Waals surface area contributed by atoms with Gasteiger partial charge in [0.05, 0.1) is 0 Å². The molecule has 0 aromatic heterocycles. The summed E-state index contributed by atoms with van der Waals surface area (Å²) in [6.07, 6.45) is 1.24. The van der Waals surface area contributed by atoms with Crippen molar-refractivity contribution in [1.82, 2.24) is 5.43 Å². The number of nitrogens with two attached hydrogens (primary N) is 1. The number of hydrogen-bond acceptors (Lipinski definition) is 2. The number of hydrogen-bond donors (Lipinski definition) is 2. The standard InChI is InChI=1S/C6H12Cl2N2O/c7-3-1-5(2-4-8)6(11)10-9/h5H,1-4,9H2,(H,10,11). The third kappa shape index (κ3) is 4.45. The number of nitrogens with one attached hydrogen (secondary N) is 1. The number of alkyl halides is 2. The van der Waals surface area contributed by atoms with Crippen LogP contribution in [0.1, 0.15) is 12.8 Å². The Morgan fingerprint density at radius 3 is 2.09 bits per heavy atom. The Hall–Kier alpha value is 0.01000. The third-order valence-corrected chi connectivity index (χ3v) is 1.86. The molecule has 11 heavy (non-hydrogen) atoms. The van der Waals surface area contributed by atoms with E-state index in [1.807, 2.05) is 0 Å². The van der Waals surface area contributed by atoms with Gasteiger partial charge >= 0.3 is 0 Å². The van der Waals surface area contributed by atoms with E-state index in [-0.39, 0.29) is 11.8 Å². The monoisotopic (exact) mass is 198 g/mol. The number of carbonyl (C=O) groups excluding carboxylic acids is 1. The highest BCUT2D eigenvalue weighted by atomic mass is 35.5. The molecule has 3 N–H and O–H groups in total. The predicted octanol–water partition coefficient (Wildman–Crippen LogP) is 0.850. The Balaban J connectivity index is 3.76. The van der Waals surface area contributed by atoms with Crippen molar-refractivity contribution in [3.05, 3.63) is 0 Å². The summed E-state index contributed by atoms with van der Waals surface area (Å²) in [7, 11) is 0. The Morgan fingerprint density at radius 1 is 1.36 bits per heavy atom. The van der Waals surface area contributed by atoms with Gasteiger partial charge in [-0.25, -0.2) is 5.84 Å². The summed E-state index contributed by atoms with van der Waals surface area (Å²) < 4.78 is 0. The van der Waals surface area contributed by atoms with E-state index in [0.29, 0.717) is 24.6 Å². The number of carbonyl (C=O) groups is 1. The molecule has 0 spiro atoms. The van der Waals surface area contributed by atoms with Gasteiger partial charge in [0.25, 0.3) is 0 Å². The molecule has 0 saturated heterocycles. The second kappa shape index (κ2) is 6.70. The van der Waals surface area contributed by atoms with E-state index in [9.17, 15) is 4.79 Å². The first-order valence-electron chi connectivity index (χ1n) is 3.38. The van der Waals surface area contributed by atoms with Gasteiger partial charge in [-0.3, -0.25) is 10.2 Å².